The topological polar surface area (TPSA) is 86.9 Å². The van der Waals surface area contributed by atoms with E-state index in [-0.39, 0.29) is 11.8 Å². The minimum atomic E-state index is -0.209. The summed E-state index contributed by atoms with van der Waals surface area (Å²) in [5.74, 6) is -0.410. The number of nitrogens with zero attached hydrogens (tertiary/aromatic N) is 1. The van der Waals surface area contributed by atoms with Gasteiger partial charge in [-0.15, -0.1) is 0 Å². The first-order chi connectivity index (χ1) is 11.6. The van der Waals surface area contributed by atoms with Crippen molar-refractivity contribution in [1.29, 1.82) is 0 Å². The van der Waals surface area contributed by atoms with Crippen molar-refractivity contribution in [2.75, 3.05) is 13.1 Å². The molecule has 2 aromatic carbocycles. The second-order valence-corrected chi connectivity index (χ2v) is 5.59. The molecule has 0 fully saturated rings. The molecule has 0 aliphatic heterocycles. The molecule has 3 rings (SSSR count). The minimum absolute atomic E-state index is 0.202. The van der Waals surface area contributed by atoms with Crippen LogP contribution in [0.25, 0.3) is 11.0 Å². The number of halogens is 1. The van der Waals surface area contributed by atoms with Crippen LogP contribution in [0.15, 0.2) is 48.8 Å². The van der Waals surface area contributed by atoms with Crippen LogP contribution in [0, 0.1) is 0 Å². The Labute approximate surface area is 143 Å². The summed E-state index contributed by atoms with van der Waals surface area (Å²) in [7, 11) is 0. The molecule has 0 atom stereocenters. The summed E-state index contributed by atoms with van der Waals surface area (Å²) in [4.78, 5) is 31.1. The number of H-pyrrole nitrogens is 1. The van der Waals surface area contributed by atoms with Crippen LogP contribution in [0.4, 0.5) is 0 Å². The van der Waals surface area contributed by atoms with Crippen LogP contribution >= 0.6 is 11.6 Å². The number of carbonyl (C=O) groups excluding carboxylic acids is 2. The largest absolute Gasteiger partial charge is 0.350 e. The normalized spacial score (nSPS) is 10.5. The Bertz CT molecular complexity index is 874. The second kappa shape index (κ2) is 7.14. The molecule has 0 radical (unpaired) electrons. The molecule has 122 valence electrons. The number of benzene rings is 2. The van der Waals surface area contributed by atoms with Gasteiger partial charge < -0.3 is 15.6 Å². The Morgan fingerprint density at radius 2 is 1.58 bits per heavy atom. The molecule has 0 aliphatic rings. The molecule has 1 heterocycles. The lowest BCUT2D eigenvalue weighted by molar-refractivity contribution is 0.0928. The second-order valence-electron chi connectivity index (χ2n) is 5.15. The van der Waals surface area contributed by atoms with E-state index in [0.29, 0.717) is 29.2 Å². The van der Waals surface area contributed by atoms with Gasteiger partial charge in [0.15, 0.2) is 0 Å². The summed E-state index contributed by atoms with van der Waals surface area (Å²) < 4.78 is 0. The number of hydrogen-bond acceptors (Lipinski definition) is 3. The van der Waals surface area contributed by atoms with Gasteiger partial charge in [-0.3, -0.25) is 9.59 Å². The maximum absolute atomic E-state index is 12.1. The molecule has 2 amide bonds. The van der Waals surface area contributed by atoms with Gasteiger partial charge in [0.25, 0.3) is 11.8 Å². The van der Waals surface area contributed by atoms with E-state index >= 15 is 0 Å². The van der Waals surface area contributed by atoms with Crippen LogP contribution in [0.3, 0.4) is 0 Å². The number of nitrogens with one attached hydrogen (secondary N) is 3. The Hall–Kier alpha value is -2.86. The van der Waals surface area contributed by atoms with E-state index < -0.39 is 0 Å². The Morgan fingerprint density at radius 3 is 2.29 bits per heavy atom. The van der Waals surface area contributed by atoms with E-state index in [2.05, 4.69) is 20.6 Å². The number of aromatic amines is 1. The molecule has 6 nitrogen and oxygen atoms in total. The first kappa shape index (κ1) is 16.0. The van der Waals surface area contributed by atoms with E-state index in [4.69, 9.17) is 11.6 Å². The number of rotatable bonds is 5. The van der Waals surface area contributed by atoms with Crippen LogP contribution in [-0.2, 0) is 0 Å². The van der Waals surface area contributed by atoms with Crippen LogP contribution < -0.4 is 10.6 Å². The third kappa shape index (κ3) is 3.72. The third-order valence-electron chi connectivity index (χ3n) is 3.48. The van der Waals surface area contributed by atoms with Crippen LogP contribution in [0.5, 0.6) is 0 Å². The van der Waals surface area contributed by atoms with Gasteiger partial charge in [0.2, 0.25) is 0 Å². The molecule has 1 aromatic heterocycles. The van der Waals surface area contributed by atoms with Crippen molar-refractivity contribution in [3.05, 3.63) is 64.9 Å². The fraction of sp³-hybridized carbons (Fsp3) is 0.118. The molecule has 7 heteroatoms. The van der Waals surface area contributed by atoms with Gasteiger partial charge in [-0.25, -0.2) is 4.98 Å². The maximum atomic E-state index is 12.1. The van der Waals surface area contributed by atoms with Gasteiger partial charge in [0.05, 0.1) is 17.4 Å². The van der Waals surface area contributed by atoms with Gasteiger partial charge >= 0.3 is 0 Å². The lowest BCUT2D eigenvalue weighted by Crippen LogP contribution is -2.34. The Kier molecular flexibility index (Phi) is 4.77. The Balaban J connectivity index is 1.48. The van der Waals surface area contributed by atoms with Crippen LogP contribution in [0.2, 0.25) is 5.02 Å². The summed E-state index contributed by atoms with van der Waals surface area (Å²) in [5.41, 5.74) is 2.67. The summed E-state index contributed by atoms with van der Waals surface area (Å²) in [6.45, 7) is 0.665. The number of fused-ring (bicyclic) bond motifs is 1. The fourth-order valence-electron chi connectivity index (χ4n) is 2.23. The molecule has 0 bridgehead atoms. The van der Waals surface area contributed by atoms with Crippen molar-refractivity contribution in [3.8, 4) is 0 Å². The summed E-state index contributed by atoms with van der Waals surface area (Å²) in [5, 5.41) is 6.08. The molecule has 0 spiro atoms. The summed E-state index contributed by atoms with van der Waals surface area (Å²) >= 11 is 5.78. The quantitative estimate of drug-likeness (QED) is 0.622. The van der Waals surface area contributed by atoms with Crippen molar-refractivity contribution in [2.24, 2.45) is 0 Å². The molecular formula is C17H15ClN4O2. The molecule has 0 saturated heterocycles. The van der Waals surface area contributed by atoms with Crippen molar-refractivity contribution < 1.29 is 9.59 Å². The highest BCUT2D eigenvalue weighted by Crippen LogP contribution is 2.11. The predicted molar refractivity (Wildman–Crippen MR) is 92.2 cm³/mol. The number of aromatic nitrogens is 2. The molecule has 0 aliphatic carbocycles. The van der Waals surface area contributed by atoms with E-state index in [9.17, 15) is 9.59 Å². The van der Waals surface area contributed by atoms with Crippen molar-refractivity contribution in [2.45, 2.75) is 0 Å². The molecule has 0 unspecified atom stereocenters. The molecular weight excluding hydrogens is 328 g/mol. The summed E-state index contributed by atoms with van der Waals surface area (Å²) in [6, 6.07) is 11.8. The SMILES string of the molecule is O=C(NCCNC(=O)c1ccc2nc[nH]c2c1)c1ccc(Cl)cc1. The number of imidazole rings is 1. The van der Waals surface area contributed by atoms with Gasteiger partial charge in [0, 0.05) is 29.2 Å². The first-order valence-electron chi connectivity index (χ1n) is 7.38. The lowest BCUT2D eigenvalue weighted by Gasteiger charge is -2.07. The van der Waals surface area contributed by atoms with Crippen LogP contribution in [0.1, 0.15) is 20.7 Å². The van der Waals surface area contributed by atoms with Crippen molar-refractivity contribution in [3.63, 3.8) is 0 Å². The highest BCUT2D eigenvalue weighted by molar-refractivity contribution is 6.30. The van der Waals surface area contributed by atoms with Gasteiger partial charge in [0.1, 0.15) is 0 Å². The average molecular weight is 343 g/mol. The highest BCUT2D eigenvalue weighted by atomic mass is 35.5. The number of amides is 2. The van der Waals surface area contributed by atoms with Crippen LogP contribution in [-0.4, -0.2) is 34.9 Å². The molecule has 3 aromatic rings. The van der Waals surface area contributed by atoms with Crippen molar-refractivity contribution in [1.82, 2.24) is 20.6 Å². The molecule has 3 N–H and O–H groups in total. The first-order valence-corrected chi connectivity index (χ1v) is 7.76. The average Bonchev–Trinajstić information content (AvgIpc) is 3.06. The number of hydrogen-bond donors (Lipinski definition) is 3. The monoisotopic (exact) mass is 342 g/mol. The predicted octanol–water partition coefficient (Wildman–Crippen LogP) is 2.38. The van der Waals surface area contributed by atoms with E-state index in [1.807, 2.05) is 0 Å². The lowest BCUT2D eigenvalue weighted by atomic mass is 10.2. The van der Waals surface area contributed by atoms with Gasteiger partial charge in [-0.05, 0) is 42.5 Å². The van der Waals surface area contributed by atoms with Crippen molar-refractivity contribution >= 4 is 34.4 Å². The smallest absolute Gasteiger partial charge is 0.251 e. The van der Waals surface area contributed by atoms with Gasteiger partial charge in [-0.2, -0.15) is 0 Å². The standard InChI is InChI=1S/C17H15ClN4O2/c18-13-4-1-11(2-5-13)16(23)19-7-8-20-17(24)12-3-6-14-15(9-12)22-10-21-14/h1-6,9-10H,7-8H2,(H,19,23)(H,20,24)(H,21,22). The van der Waals surface area contributed by atoms with E-state index in [0.717, 1.165) is 11.0 Å². The maximum Gasteiger partial charge on any atom is 0.251 e. The number of carbonyl (C=O) groups is 2. The zero-order valence-electron chi connectivity index (χ0n) is 12.7. The summed E-state index contributed by atoms with van der Waals surface area (Å²) in [6.07, 6.45) is 1.58. The zero-order chi connectivity index (χ0) is 16.9. The third-order valence-corrected chi connectivity index (χ3v) is 3.74. The fourth-order valence-corrected chi connectivity index (χ4v) is 2.36. The zero-order valence-corrected chi connectivity index (χ0v) is 13.4. The molecule has 0 saturated carbocycles. The van der Waals surface area contributed by atoms with E-state index in [1.165, 1.54) is 0 Å². The minimum Gasteiger partial charge on any atom is -0.350 e. The Morgan fingerprint density at radius 1 is 0.958 bits per heavy atom. The van der Waals surface area contributed by atoms with Gasteiger partial charge in [-0.1, -0.05) is 11.6 Å². The van der Waals surface area contributed by atoms with E-state index in [1.54, 1.807) is 48.8 Å². The molecule has 24 heavy (non-hydrogen) atoms. The highest BCUT2D eigenvalue weighted by Gasteiger charge is 2.08.